The zero-order valence-electron chi connectivity index (χ0n) is 14.4. The molecule has 4 rings (SSSR count). The monoisotopic (exact) mass is 356 g/mol. The minimum absolute atomic E-state index is 0.0613. The van der Waals surface area contributed by atoms with Gasteiger partial charge in [-0.2, -0.15) is 4.99 Å². The van der Waals surface area contributed by atoms with Crippen molar-refractivity contribution in [3.05, 3.63) is 112 Å². The average molecular weight is 356 g/mol. The minimum atomic E-state index is -0.612. The summed E-state index contributed by atoms with van der Waals surface area (Å²) in [6, 6.07) is 20.5. The molecule has 0 saturated carbocycles. The van der Waals surface area contributed by atoms with Crippen molar-refractivity contribution in [2.45, 2.75) is 6.54 Å². The molecule has 0 aliphatic carbocycles. The Hall–Kier alpha value is -3.80. The molecule has 0 fully saturated rings. The highest BCUT2D eigenvalue weighted by atomic mass is 16.2. The number of amides is 1. The van der Waals surface area contributed by atoms with E-state index in [1.807, 2.05) is 47.2 Å². The second-order valence-corrected chi connectivity index (χ2v) is 6.00. The third-order valence-corrected chi connectivity index (χ3v) is 4.17. The Morgan fingerprint density at radius 2 is 1.67 bits per heavy atom. The Labute approximate surface area is 154 Å². The van der Waals surface area contributed by atoms with Crippen LogP contribution in [-0.4, -0.2) is 19.9 Å². The van der Waals surface area contributed by atoms with Gasteiger partial charge in [-0.15, -0.1) is 0 Å². The average Bonchev–Trinajstić information content (AvgIpc) is 2.71. The van der Waals surface area contributed by atoms with Crippen molar-refractivity contribution in [2.75, 3.05) is 0 Å². The first kappa shape index (κ1) is 16.7. The van der Waals surface area contributed by atoms with E-state index in [1.54, 1.807) is 36.5 Å². The molecule has 4 aromatic rings. The molecule has 0 aliphatic rings. The van der Waals surface area contributed by atoms with E-state index in [2.05, 4.69) is 9.98 Å². The van der Waals surface area contributed by atoms with E-state index in [-0.39, 0.29) is 5.56 Å². The molecule has 0 bridgehead atoms. The van der Waals surface area contributed by atoms with Gasteiger partial charge in [-0.25, -0.2) is 4.98 Å². The van der Waals surface area contributed by atoms with Crippen LogP contribution in [0.3, 0.4) is 0 Å². The van der Waals surface area contributed by atoms with Crippen molar-refractivity contribution >= 4 is 11.6 Å². The molecular weight excluding hydrogens is 340 g/mol. The van der Waals surface area contributed by atoms with Crippen LogP contribution in [0.15, 0.2) is 95.1 Å². The fourth-order valence-electron chi connectivity index (χ4n) is 2.82. The van der Waals surface area contributed by atoms with Crippen molar-refractivity contribution in [3.8, 4) is 0 Å². The van der Waals surface area contributed by atoms with Crippen molar-refractivity contribution in [3.63, 3.8) is 0 Å². The Bertz CT molecular complexity index is 1240. The summed E-state index contributed by atoms with van der Waals surface area (Å²) in [6.07, 6.45) is 4.72. The number of carbonyl (C=O) groups is 1. The molecular formula is C21H16N4O2. The molecule has 0 aliphatic heterocycles. The fraction of sp³-hybridized carbons (Fsp3) is 0.0476. The maximum atomic E-state index is 12.6. The fourth-order valence-corrected chi connectivity index (χ4v) is 2.82. The second kappa shape index (κ2) is 7.21. The molecule has 1 aromatic carbocycles. The van der Waals surface area contributed by atoms with Gasteiger partial charge in [0.15, 0.2) is 0 Å². The van der Waals surface area contributed by atoms with Gasteiger partial charge in [0, 0.05) is 25.1 Å². The van der Waals surface area contributed by atoms with Gasteiger partial charge < -0.3 is 4.57 Å². The third kappa shape index (κ3) is 3.46. The highest BCUT2D eigenvalue weighted by Crippen LogP contribution is 2.01. The van der Waals surface area contributed by atoms with Crippen LogP contribution in [-0.2, 0) is 6.54 Å². The van der Waals surface area contributed by atoms with Gasteiger partial charge in [0.25, 0.3) is 11.5 Å². The third-order valence-electron chi connectivity index (χ3n) is 4.17. The SMILES string of the molecule is O=C(N=c1ccccn1Cc1ccccc1)c1cnc2ccccn2c1=O. The number of hydrogen-bond acceptors (Lipinski definition) is 3. The first-order valence-electron chi connectivity index (χ1n) is 8.47. The van der Waals surface area contributed by atoms with Crippen LogP contribution in [0.2, 0.25) is 0 Å². The summed E-state index contributed by atoms with van der Waals surface area (Å²) < 4.78 is 3.20. The lowest BCUT2D eigenvalue weighted by molar-refractivity contribution is 0.0995. The lowest BCUT2D eigenvalue weighted by Crippen LogP contribution is -2.26. The number of rotatable bonds is 3. The Balaban J connectivity index is 1.75. The smallest absolute Gasteiger partial charge is 0.286 e. The number of hydrogen-bond donors (Lipinski definition) is 0. The number of aromatic nitrogens is 3. The second-order valence-electron chi connectivity index (χ2n) is 6.00. The maximum Gasteiger partial charge on any atom is 0.286 e. The number of benzene rings is 1. The normalized spacial score (nSPS) is 11.6. The predicted molar refractivity (Wildman–Crippen MR) is 101 cm³/mol. The Kier molecular flexibility index (Phi) is 4.45. The number of carbonyl (C=O) groups excluding carboxylic acids is 1. The van der Waals surface area contributed by atoms with Gasteiger partial charge in [0.2, 0.25) is 0 Å². The van der Waals surface area contributed by atoms with Crippen molar-refractivity contribution in [1.29, 1.82) is 0 Å². The van der Waals surface area contributed by atoms with Crippen LogP contribution in [0.25, 0.3) is 5.65 Å². The lowest BCUT2D eigenvalue weighted by atomic mass is 10.2. The number of nitrogens with zero attached hydrogens (tertiary/aromatic N) is 4. The molecule has 6 nitrogen and oxygen atoms in total. The zero-order chi connectivity index (χ0) is 18.6. The summed E-state index contributed by atoms with van der Waals surface area (Å²) in [7, 11) is 0. The van der Waals surface area contributed by atoms with Gasteiger partial charge in [0.05, 0.1) is 0 Å². The van der Waals surface area contributed by atoms with E-state index >= 15 is 0 Å². The van der Waals surface area contributed by atoms with E-state index in [4.69, 9.17) is 0 Å². The van der Waals surface area contributed by atoms with E-state index < -0.39 is 11.5 Å². The van der Waals surface area contributed by atoms with E-state index in [0.717, 1.165) is 5.56 Å². The first-order valence-corrected chi connectivity index (χ1v) is 8.47. The number of pyridine rings is 2. The van der Waals surface area contributed by atoms with E-state index in [1.165, 1.54) is 10.6 Å². The molecule has 0 saturated heterocycles. The first-order chi connectivity index (χ1) is 13.2. The number of fused-ring (bicyclic) bond motifs is 1. The summed E-state index contributed by atoms with van der Waals surface area (Å²) in [6.45, 7) is 0.572. The van der Waals surface area contributed by atoms with Gasteiger partial charge in [-0.1, -0.05) is 42.5 Å². The van der Waals surface area contributed by atoms with Gasteiger partial charge in [0.1, 0.15) is 16.7 Å². The molecule has 0 N–H and O–H groups in total. The van der Waals surface area contributed by atoms with Crippen LogP contribution in [0.4, 0.5) is 0 Å². The maximum absolute atomic E-state index is 12.6. The predicted octanol–water partition coefficient (Wildman–Crippen LogP) is 2.29. The summed E-state index contributed by atoms with van der Waals surface area (Å²) in [5, 5.41) is 0. The lowest BCUT2D eigenvalue weighted by Gasteiger charge is -2.07. The molecule has 1 amide bonds. The van der Waals surface area contributed by atoms with Gasteiger partial charge >= 0.3 is 0 Å². The highest BCUT2D eigenvalue weighted by molar-refractivity contribution is 5.94. The molecule has 0 spiro atoms. The molecule has 6 heteroatoms. The summed E-state index contributed by atoms with van der Waals surface area (Å²) in [5.41, 5.74) is 1.56. The van der Waals surface area contributed by atoms with Crippen molar-refractivity contribution in [2.24, 2.45) is 4.99 Å². The molecule has 27 heavy (non-hydrogen) atoms. The van der Waals surface area contributed by atoms with Crippen LogP contribution in [0.5, 0.6) is 0 Å². The van der Waals surface area contributed by atoms with Gasteiger partial charge in [-0.05, 0) is 29.8 Å². The van der Waals surface area contributed by atoms with Gasteiger partial charge in [-0.3, -0.25) is 14.0 Å². The molecule has 132 valence electrons. The summed E-state index contributed by atoms with van der Waals surface area (Å²) >= 11 is 0. The van der Waals surface area contributed by atoms with E-state index in [9.17, 15) is 9.59 Å². The van der Waals surface area contributed by atoms with Crippen LogP contribution < -0.4 is 11.0 Å². The molecule has 0 atom stereocenters. The van der Waals surface area contributed by atoms with E-state index in [0.29, 0.717) is 17.7 Å². The standard InChI is InChI=1S/C21H16N4O2/c26-20(17-14-22-18-10-5-7-13-25(18)21(17)27)23-19-11-4-6-12-24(19)15-16-8-2-1-3-9-16/h1-14H,15H2. The molecule has 0 unspecified atom stereocenters. The molecule has 3 aromatic heterocycles. The molecule has 0 radical (unpaired) electrons. The topological polar surface area (TPSA) is 68.7 Å². The minimum Gasteiger partial charge on any atom is -0.328 e. The summed E-state index contributed by atoms with van der Waals surface area (Å²) in [4.78, 5) is 33.6. The zero-order valence-corrected chi connectivity index (χ0v) is 14.4. The van der Waals surface area contributed by atoms with Crippen LogP contribution in [0, 0.1) is 0 Å². The van der Waals surface area contributed by atoms with Crippen molar-refractivity contribution < 1.29 is 4.79 Å². The largest absolute Gasteiger partial charge is 0.328 e. The van der Waals surface area contributed by atoms with Crippen molar-refractivity contribution in [1.82, 2.24) is 14.0 Å². The quantitative estimate of drug-likeness (QED) is 0.566. The van der Waals surface area contributed by atoms with Crippen LogP contribution in [0.1, 0.15) is 15.9 Å². The molecule has 3 heterocycles. The Morgan fingerprint density at radius 1 is 0.926 bits per heavy atom. The highest BCUT2D eigenvalue weighted by Gasteiger charge is 2.12. The van der Waals surface area contributed by atoms with Crippen LogP contribution >= 0.6 is 0 Å². The summed E-state index contributed by atoms with van der Waals surface area (Å²) in [5.74, 6) is -0.612. The Morgan fingerprint density at radius 3 is 2.52 bits per heavy atom.